The van der Waals surface area contributed by atoms with Gasteiger partial charge in [0, 0.05) is 23.6 Å². The van der Waals surface area contributed by atoms with Crippen LogP contribution in [0.25, 0.3) is 10.9 Å². The molecule has 0 radical (unpaired) electrons. The Morgan fingerprint density at radius 3 is 2.95 bits per heavy atom. The Morgan fingerprint density at radius 2 is 2.10 bits per heavy atom. The molecule has 2 aromatic rings. The van der Waals surface area contributed by atoms with Gasteiger partial charge in [0.25, 0.3) is 0 Å². The standard InChI is InChI=1S/C17H20N2O2/c20-17(8-12-21-13-6-10-18-11-7-13)15-3-1-5-16-14(15)4-2-9-19-16/h1-5,9,13,18H,6-8,10-12H2. The van der Waals surface area contributed by atoms with Gasteiger partial charge in [0.15, 0.2) is 5.78 Å². The van der Waals surface area contributed by atoms with Gasteiger partial charge in [-0.05, 0) is 38.1 Å². The van der Waals surface area contributed by atoms with Crippen LogP contribution in [0.4, 0.5) is 0 Å². The number of nitrogens with one attached hydrogen (secondary N) is 1. The lowest BCUT2D eigenvalue weighted by Gasteiger charge is -2.22. The molecule has 110 valence electrons. The molecule has 0 bridgehead atoms. The Kier molecular flexibility index (Phi) is 4.58. The molecule has 4 nitrogen and oxygen atoms in total. The number of rotatable bonds is 5. The Labute approximate surface area is 124 Å². The lowest BCUT2D eigenvalue weighted by molar-refractivity contribution is 0.0314. The van der Waals surface area contributed by atoms with Crippen molar-refractivity contribution in [3.8, 4) is 0 Å². The number of benzene rings is 1. The lowest BCUT2D eigenvalue weighted by atomic mass is 10.0. The molecule has 2 heterocycles. The number of aromatic nitrogens is 1. The summed E-state index contributed by atoms with van der Waals surface area (Å²) in [5.41, 5.74) is 1.61. The zero-order valence-electron chi connectivity index (χ0n) is 12.0. The minimum Gasteiger partial charge on any atom is -0.378 e. The molecule has 1 aliphatic rings. The molecule has 3 rings (SSSR count). The molecular formula is C17H20N2O2. The first-order chi connectivity index (χ1) is 10.3. The predicted molar refractivity (Wildman–Crippen MR) is 82.5 cm³/mol. The molecule has 0 saturated carbocycles. The van der Waals surface area contributed by atoms with Crippen LogP contribution in [0.5, 0.6) is 0 Å². The second-order valence-electron chi connectivity index (χ2n) is 5.37. The van der Waals surface area contributed by atoms with Crippen molar-refractivity contribution in [1.29, 1.82) is 0 Å². The summed E-state index contributed by atoms with van der Waals surface area (Å²) < 4.78 is 5.81. The van der Waals surface area contributed by atoms with Crippen LogP contribution in [0.1, 0.15) is 29.6 Å². The van der Waals surface area contributed by atoms with Crippen LogP contribution < -0.4 is 5.32 Å². The number of fused-ring (bicyclic) bond motifs is 1. The minimum absolute atomic E-state index is 0.127. The van der Waals surface area contributed by atoms with Crippen molar-refractivity contribution in [3.63, 3.8) is 0 Å². The third-order valence-electron chi connectivity index (χ3n) is 3.91. The molecule has 21 heavy (non-hydrogen) atoms. The summed E-state index contributed by atoms with van der Waals surface area (Å²) in [6, 6.07) is 9.50. The number of pyridine rings is 1. The summed E-state index contributed by atoms with van der Waals surface area (Å²) in [5.74, 6) is 0.127. The Bertz CT molecular complexity index is 616. The molecule has 0 unspecified atom stereocenters. The quantitative estimate of drug-likeness (QED) is 0.857. The third-order valence-corrected chi connectivity index (χ3v) is 3.91. The highest BCUT2D eigenvalue weighted by Gasteiger charge is 2.15. The van der Waals surface area contributed by atoms with Gasteiger partial charge in [-0.15, -0.1) is 0 Å². The molecule has 0 atom stereocenters. The van der Waals surface area contributed by atoms with Crippen LogP contribution in [0.15, 0.2) is 36.5 Å². The van der Waals surface area contributed by atoms with E-state index < -0.39 is 0 Å². The van der Waals surface area contributed by atoms with Crippen LogP contribution in [0.2, 0.25) is 0 Å². The summed E-state index contributed by atoms with van der Waals surface area (Å²) in [7, 11) is 0. The van der Waals surface area contributed by atoms with E-state index >= 15 is 0 Å². The van der Waals surface area contributed by atoms with Gasteiger partial charge in [-0.3, -0.25) is 9.78 Å². The number of nitrogens with zero attached hydrogens (tertiary/aromatic N) is 1. The lowest BCUT2D eigenvalue weighted by Crippen LogP contribution is -2.32. The number of Topliss-reactive ketones (excluding diaryl/α,β-unsaturated/α-hetero) is 1. The minimum atomic E-state index is 0.127. The van der Waals surface area contributed by atoms with Crippen molar-refractivity contribution in [2.45, 2.75) is 25.4 Å². The fourth-order valence-electron chi connectivity index (χ4n) is 2.76. The van der Waals surface area contributed by atoms with E-state index in [2.05, 4.69) is 10.3 Å². The van der Waals surface area contributed by atoms with E-state index in [9.17, 15) is 4.79 Å². The first-order valence-corrected chi connectivity index (χ1v) is 7.54. The fraction of sp³-hybridized carbons (Fsp3) is 0.412. The average Bonchev–Trinajstić information content (AvgIpc) is 2.55. The van der Waals surface area contributed by atoms with Gasteiger partial charge in [0.1, 0.15) is 0 Å². The number of hydrogen-bond acceptors (Lipinski definition) is 4. The summed E-state index contributed by atoms with van der Waals surface area (Å²) in [4.78, 5) is 16.7. The van der Waals surface area contributed by atoms with E-state index in [1.165, 1.54) is 0 Å². The zero-order chi connectivity index (χ0) is 14.5. The largest absolute Gasteiger partial charge is 0.378 e. The third kappa shape index (κ3) is 3.46. The van der Waals surface area contributed by atoms with E-state index in [4.69, 9.17) is 4.74 Å². The molecular weight excluding hydrogens is 264 g/mol. The summed E-state index contributed by atoms with van der Waals surface area (Å²) >= 11 is 0. The normalized spacial score (nSPS) is 16.2. The number of ether oxygens (including phenoxy) is 1. The SMILES string of the molecule is O=C(CCOC1CCNCC1)c1cccc2ncccc12. The molecule has 1 aromatic heterocycles. The van der Waals surface area contributed by atoms with Crippen molar-refractivity contribution in [3.05, 3.63) is 42.1 Å². The van der Waals surface area contributed by atoms with E-state index in [0.717, 1.165) is 42.4 Å². The summed E-state index contributed by atoms with van der Waals surface area (Å²) in [6.07, 6.45) is 4.54. The van der Waals surface area contributed by atoms with E-state index in [0.29, 0.717) is 19.1 Å². The molecule has 1 fully saturated rings. The average molecular weight is 284 g/mol. The second-order valence-corrected chi connectivity index (χ2v) is 5.37. The van der Waals surface area contributed by atoms with Crippen LogP contribution in [0, 0.1) is 0 Å². The summed E-state index contributed by atoms with van der Waals surface area (Å²) in [5, 5.41) is 4.23. The molecule has 1 N–H and O–H groups in total. The van der Waals surface area contributed by atoms with Gasteiger partial charge in [0.05, 0.1) is 18.2 Å². The van der Waals surface area contributed by atoms with E-state index in [-0.39, 0.29) is 5.78 Å². The molecule has 0 amide bonds. The van der Waals surface area contributed by atoms with Gasteiger partial charge >= 0.3 is 0 Å². The van der Waals surface area contributed by atoms with Crippen molar-refractivity contribution in [1.82, 2.24) is 10.3 Å². The Balaban J connectivity index is 1.61. The Morgan fingerprint density at radius 1 is 1.24 bits per heavy atom. The number of ketones is 1. The van der Waals surface area contributed by atoms with Gasteiger partial charge in [0.2, 0.25) is 0 Å². The zero-order valence-corrected chi connectivity index (χ0v) is 12.0. The van der Waals surface area contributed by atoms with Crippen LogP contribution in [-0.4, -0.2) is 36.6 Å². The smallest absolute Gasteiger partial charge is 0.165 e. The number of carbonyl (C=O) groups excluding carboxylic acids is 1. The van der Waals surface area contributed by atoms with Crippen molar-refractivity contribution >= 4 is 16.7 Å². The topological polar surface area (TPSA) is 51.2 Å². The first-order valence-electron chi connectivity index (χ1n) is 7.54. The molecule has 1 aromatic carbocycles. The maximum atomic E-state index is 12.4. The molecule has 1 aliphatic heterocycles. The first kappa shape index (κ1) is 14.2. The van der Waals surface area contributed by atoms with Gasteiger partial charge in [-0.1, -0.05) is 18.2 Å². The molecule has 4 heteroatoms. The van der Waals surface area contributed by atoms with Crippen LogP contribution in [-0.2, 0) is 4.74 Å². The van der Waals surface area contributed by atoms with Crippen molar-refractivity contribution in [2.24, 2.45) is 0 Å². The fourth-order valence-corrected chi connectivity index (χ4v) is 2.76. The molecule has 0 aliphatic carbocycles. The van der Waals surface area contributed by atoms with E-state index in [1.807, 2.05) is 30.3 Å². The van der Waals surface area contributed by atoms with E-state index in [1.54, 1.807) is 6.20 Å². The highest BCUT2D eigenvalue weighted by Crippen LogP contribution is 2.18. The predicted octanol–water partition coefficient (Wildman–Crippen LogP) is 2.58. The number of carbonyl (C=O) groups is 1. The van der Waals surface area contributed by atoms with Crippen LogP contribution >= 0.6 is 0 Å². The highest BCUT2D eigenvalue weighted by atomic mass is 16.5. The molecule has 0 spiro atoms. The van der Waals surface area contributed by atoms with Crippen molar-refractivity contribution < 1.29 is 9.53 Å². The number of hydrogen-bond donors (Lipinski definition) is 1. The van der Waals surface area contributed by atoms with Crippen molar-refractivity contribution in [2.75, 3.05) is 19.7 Å². The van der Waals surface area contributed by atoms with Gasteiger partial charge < -0.3 is 10.1 Å². The Hall–Kier alpha value is -1.78. The number of piperidine rings is 1. The maximum Gasteiger partial charge on any atom is 0.165 e. The highest BCUT2D eigenvalue weighted by molar-refractivity contribution is 6.07. The van der Waals surface area contributed by atoms with Gasteiger partial charge in [-0.2, -0.15) is 0 Å². The van der Waals surface area contributed by atoms with Gasteiger partial charge in [-0.25, -0.2) is 0 Å². The van der Waals surface area contributed by atoms with Crippen LogP contribution in [0.3, 0.4) is 0 Å². The monoisotopic (exact) mass is 284 g/mol. The second kappa shape index (κ2) is 6.78. The molecule has 1 saturated heterocycles. The maximum absolute atomic E-state index is 12.4. The summed E-state index contributed by atoms with van der Waals surface area (Å²) in [6.45, 7) is 2.52.